The minimum Gasteiger partial charge on any atom is -0.0733 e. The maximum absolute atomic E-state index is 2.51. The van der Waals surface area contributed by atoms with Crippen molar-refractivity contribution in [3.8, 4) is 0 Å². The van der Waals surface area contributed by atoms with Crippen LogP contribution < -0.4 is 10.4 Å². The molecule has 0 bridgehead atoms. The molecule has 0 saturated heterocycles. The molecule has 1 heteroatoms. The molecule has 0 aliphatic heterocycles. The average Bonchev–Trinajstić information content (AvgIpc) is 3.12. The Morgan fingerprint density at radius 3 is 2.76 bits per heavy atom. The molecule has 3 aliphatic rings. The molecule has 1 aromatic carbocycles. The third-order valence-corrected chi connectivity index (χ3v) is 8.87. The van der Waals surface area contributed by atoms with Gasteiger partial charge in [0, 0.05) is 5.92 Å². The molecule has 0 radical (unpaired) electrons. The smallest absolute Gasteiger partial charge is 0.0733 e. The van der Waals surface area contributed by atoms with Crippen molar-refractivity contribution in [2.45, 2.75) is 19.5 Å². The first kappa shape index (κ1) is 12.8. The number of rotatable bonds is 2. The molecule has 3 aliphatic carbocycles. The van der Waals surface area contributed by atoms with Crippen LogP contribution in [-0.2, 0) is 0 Å². The Morgan fingerprint density at radius 2 is 1.86 bits per heavy atom. The largest absolute Gasteiger partial charge is 0.109 e. The van der Waals surface area contributed by atoms with E-state index in [-0.39, 0.29) is 0 Å². The molecule has 0 spiro atoms. The summed E-state index contributed by atoms with van der Waals surface area (Å²) in [5.74, 6) is 0.512. The van der Waals surface area contributed by atoms with Gasteiger partial charge in [-0.3, -0.25) is 0 Å². The van der Waals surface area contributed by atoms with E-state index in [0.717, 1.165) is 6.42 Å². The number of benzene rings is 1. The van der Waals surface area contributed by atoms with E-state index >= 15 is 0 Å². The predicted octanol–water partition coefficient (Wildman–Crippen LogP) is 3.42. The molecule has 0 saturated carbocycles. The molecule has 1 atom stereocenters. The van der Waals surface area contributed by atoms with Crippen LogP contribution in [0.2, 0.25) is 13.1 Å². The maximum Gasteiger partial charge on any atom is 0.109 e. The van der Waals surface area contributed by atoms with Crippen molar-refractivity contribution in [3.05, 3.63) is 81.9 Å². The summed E-state index contributed by atoms with van der Waals surface area (Å²) < 4.78 is 0. The molecule has 1 unspecified atom stereocenters. The van der Waals surface area contributed by atoms with Crippen LogP contribution in [0.5, 0.6) is 0 Å². The van der Waals surface area contributed by atoms with Crippen molar-refractivity contribution in [2.24, 2.45) is 5.92 Å². The molecule has 0 heterocycles. The standard InChI is InChI=1S/C20H20Si/c1-21(2,19-13-11-15-7-3-5-9-17(15)19)20-14-12-16-8-4-6-10-18(16)20/h3-13,15H,14H2,1-2H3. The highest BCUT2D eigenvalue weighted by Crippen LogP contribution is 2.39. The highest BCUT2D eigenvalue weighted by atomic mass is 28.3. The zero-order valence-corrected chi connectivity index (χ0v) is 13.6. The molecular weight excluding hydrogens is 268 g/mol. The van der Waals surface area contributed by atoms with E-state index in [9.17, 15) is 0 Å². The van der Waals surface area contributed by atoms with E-state index in [1.165, 1.54) is 16.0 Å². The summed E-state index contributed by atoms with van der Waals surface area (Å²) in [6, 6.07) is 8.88. The van der Waals surface area contributed by atoms with Crippen LogP contribution in [0, 0.1) is 5.92 Å². The van der Waals surface area contributed by atoms with Crippen LogP contribution in [0.25, 0.3) is 11.3 Å². The monoisotopic (exact) mass is 288 g/mol. The van der Waals surface area contributed by atoms with E-state index in [4.69, 9.17) is 0 Å². The molecule has 4 rings (SSSR count). The summed E-state index contributed by atoms with van der Waals surface area (Å²) in [5, 5.41) is 6.23. The Balaban J connectivity index is 1.91. The minimum absolute atomic E-state index is 0.512. The van der Waals surface area contributed by atoms with E-state index in [1.807, 2.05) is 0 Å². The van der Waals surface area contributed by atoms with Gasteiger partial charge in [-0.05, 0) is 22.4 Å². The van der Waals surface area contributed by atoms with Crippen molar-refractivity contribution in [3.63, 3.8) is 0 Å². The van der Waals surface area contributed by atoms with Gasteiger partial charge in [-0.25, -0.2) is 0 Å². The van der Waals surface area contributed by atoms with Crippen LogP contribution in [0.3, 0.4) is 0 Å². The summed E-state index contributed by atoms with van der Waals surface area (Å²) in [7, 11) is -1.60. The SMILES string of the molecule is C[Si](C)(C1=C2C=CC=CC2C=C1)C1=c2ccccc2=CC1. The zero-order valence-electron chi connectivity index (χ0n) is 12.6. The van der Waals surface area contributed by atoms with Crippen molar-refractivity contribution in [1.29, 1.82) is 0 Å². The second-order valence-electron chi connectivity index (χ2n) is 6.60. The summed E-state index contributed by atoms with van der Waals surface area (Å²) in [6.07, 6.45) is 17.3. The fourth-order valence-electron chi connectivity index (χ4n) is 3.89. The first-order valence-corrected chi connectivity index (χ1v) is 10.7. The average molecular weight is 288 g/mol. The van der Waals surface area contributed by atoms with Crippen LogP contribution >= 0.6 is 0 Å². The van der Waals surface area contributed by atoms with Crippen molar-refractivity contribution in [1.82, 2.24) is 0 Å². The molecular formula is C20H20Si. The second-order valence-corrected chi connectivity index (χ2v) is 11.0. The van der Waals surface area contributed by atoms with Crippen LogP contribution in [0.4, 0.5) is 0 Å². The van der Waals surface area contributed by atoms with Gasteiger partial charge in [-0.15, -0.1) is 0 Å². The number of allylic oxidation sites excluding steroid dienone is 8. The Hall–Kier alpha value is -1.86. The summed E-state index contributed by atoms with van der Waals surface area (Å²) in [6.45, 7) is 5.03. The lowest BCUT2D eigenvalue weighted by Gasteiger charge is -2.27. The van der Waals surface area contributed by atoms with E-state index in [2.05, 4.69) is 79.9 Å². The lowest BCUT2D eigenvalue weighted by molar-refractivity contribution is 1.02. The molecule has 21 heavy (non-hydrogen) atoms. The van der Waals surface area contributed by atoms with Gasteiger partial charge < -0.3 is 0 Å². The highest BCUT2D eigenvalue weighted by molar-refractivity contribution is 6.99. The van der Waals surface area contributed by atoms with Gasteiger partial charge in [0.1, 0.15) is 8.07 Å². The first-order valence-electron chi connectivity index (χ1n) is 7.74. The topological polar surface area (TPSA) is 0 Å². The Bertz CT molecular complexity index is 844. The lowest BCUT2D eigenvalue weighted by atomic mass is 9.98. The molecule has 0 N–H and O–H groups in total. The van der Waals surface area contributed by atoms with Crippen molar-refractivity contribution in [2.75, 3.05) is 0 Å². The van der Waals surface area contributed by atoms with E-state index in [1.54, 1.807) is 10.4 Å². The third kappa shape index (κ3) is 1.88. The van der Waals surface area contributed by atoms with Gasteiger partial charge in [0.2, 0.25) is 0 Å². The summed E-state index contributed by atoms with van der Waals surface area (Å²) in [4.78, 5) is 0. The molecule has 104 valence electrons. The lowest BCUT2D eigenvalue weighted by Crippen LogP contribution is -2.37. The first-order chi connectivity index (χ1) is 10.2. The molecule has 0 amide bonds. The van der Waals surface area contributed by atoms with Crippen LogP contribution in [0.1, 0.15) is 6.42 Å². The maximum atomic E-state index is 2.51. The van der Waals surface area contributed by atoms with Gasteiger partial charge >= 0.3 is 0 Å². The van der Waals surface area contributed by atoms with Crippen molar-refractivity contribution < 1.29 is 0 Å². The van der Waals surface area contributed by atoms with Crippen molar-refractivity contribution >= 4 is 19.3 Å². The zero-order chi connectivity index (χ0) is 14.4. The van der Waals surface area contributed by atoms with Gasteiger partial charge in [0.05, 0.1) is 0 Å². The van der Waals surface area contributed by atoms with Crippen LogP contribution in [-0.4, -0.2) is 8.07 Å². The van der Waals surface area contributed by atoms with Gasteiger partial charge in [0.15, 0.2) is 0 Å². The molecule has 0 fully saturated rings. The quantitative estimate of drug-likeness (QED) is 0.732. The highest BCUT2D eigenvalue weighted by Gasteiger charge is 2.35. The minimum atomic E-state index is -1.60. The number of fused-ring (bicyclic) bond motifs is 2. The second kappa shape index (κ2) is 4.57. The summed E-state index contributed by atoms with van der Waals surface area (Å²) >= 11 is 0. The predicted molar refractivity (Wildman–Crippen MR) is 93.6 cm³/mol. The van der Waals surface area contributed by atoms with Crippen LogP contribution in [0.15, 0.2) is 71.5 Å². The van der Waals surface area contributed by atoms with Gasteiger partial charge in [0.25, 0.3) is 0 Å². The number of hydrogen-bond donors (Lipinski definition) is 0. The Labute approximate surface area is 127 Å². The number of hydrogen-bond acceptors (Lipinski definition) is 0. The molecule has 0 nitrogen and oxygen atoms in total. The Kier molecular flexibility index (Phi) is 2.80. The normalized spacial score (nSPS) is 22.6. The Morgan fingerprint density at radius 1 is 1.00 bits per heavy atom. The van der Waals surface area contributed by atoms with E-state index in [0.29, 0.717) is 5.92 Å². The summed E-state index contributed by atoms with van der Waals surface area (Å²) in [5.41, 5.74) is 1.53. The fourth-order valence-corrected chi connectivity index (χ4v) is 7.21. The third-order valence-electron chi connectivity index (χ3n) is 5.09. The van der Waals surface area contributed by atoms with E-state index < -0.39 is 8.07 Å². The molecule has 0 aromatic heterocycles. The van der Waals surface area contributed by atoms with Gasteiger partial charge in [-0.1, -0.05) is 90.3 Å². The van der Waals surface area contributed by atoms with Gasteiger partial charge in [-0.2, -0.15) is 0 Å². The fraction of sp³-hybridized carbons (Fsp3) is 0.200. The molecule has 1 aromatic rings.